The second-order valence-electron chi connectivity index (χ2n) is 4.63. The van der Waals surface area contributed by atoms with Crippen molar-refractivity contribution in [2.24, 2.45) is 0 Å². The summed E-state index contributed by atoms with van der Waals surface area (Å²) in [5.41, 5.74) is -0.263. The summed E-state index contributed by atoms with van der Waals surface area (Å²) in [5.74, 6) is 0.458. The van der Waals surface area contributed by atoms with Crippen LogP contribution in [0.5, 0.6) is 5.75 Å². The van der Waals surface area contributed by atoms with Crippen LogP contribution >= 0.6 is 15.9 Å². The lowest BCUT2D eigenvalue weighted by Gasteiger charge is -2.29. The highest BCUT2D eigenvalue weighted by Crippen LogP contribution is 2.32. The van der Waals surface area contributed by atoms with Crippen molar-refractivity contribution in [3.63, 3.8) is 0 Å². The largest absolute Gasteiger partial charge is 0.495 e. The molecule has 0 saturated heterocycles. The summed E-state index contributed by atoms with van der Waals surface area (Å²) in [4.78, 5) is 12.0. The third-order valence-corrected chi connectivity index (χ3v) is 3.47. The van der Waals surface area contributed by atoms with Crippen LogP contribution in [0.2, 0.25) is 0 Å². The first kappa shape index (κ1) is 17.7. The predicted octanol–water partition coefficient (Wildman–Crippen LogP) is 0.603. The fourth-order valence-electron chi connectivity index (χ4n) is 1.69. The molecule has 1 rings (SSSR count). The van der Waals surface area contributed by atoms with Crippen molar-refractivity contribution in [2.75, 3.05) is 32.2 Å². The van der Waals surface area contributed by atoms with E-state index in [-0.39, 0.29) is 0 Å². The Kier molecular flexibility index (Phi) is 6.41. The molecule has 0 fully saturated rings. The second-order valence-corrected chi connectivity index (χ2v) is 5.55. The lowest BCUT2D eigenvalue weighted by Crippen LogP contribution is -2.58. The van der Waals surface area contributed by atoms with Crippen LogP contribution in [0.4, 0.5) is 10.5 Å². The monoisotopic (exact) mass is 362 g/mol. The van der Waals surface area contributed by atoms with Gasteiger partial charge < -0.3 is 30.7 Å². The fourth-order valence-corrected chi connectivity index (χ4v) is 2.24. The molecule has 0 heterocycles. The van der Waals surface area contributed by atoms with Gasteiger partial charge in [0, 0.05) is 4.47 Å². The topological polar surface area (TPSA) is 111 Å². The number of methoxy groups -OCH3 is 1. The highest BCUT2D eigenvalue weighted by molar-refractivity contribution is 9.10. The average Bonchev–Trinajstić information content (AvgIpc) is 2.47. The number of benzene rings is 1. The summed E-state index contributed by atoms with van der Waals surface area (Å²) in [6.45, 7) is 0.0118. The Morgan fingerprint density at radius 2 is 1.86 bits per heavy atom. The molecule has 1 aromatic rings. The van der Waals surface area contributed by atoms with Crippen molar-refractivity contribution in [3.05, 3.63) is 22.2 Å². The van der Waals surface area contributed by atoms with E-state index in [1.165, 1.54) is 7.11 Å². The number of aryl methyl sites for hydroxylation is 1. The number of carbonyl (C=O) groups is 1. The van der Waals surface area contributed by atoms with E-state index >= 15 is 0 Å². The maximum absolute atomic E-state index is 12.0. The summed E-state index contributed by atoms with van der Waals surface area (Å²) < 4.78 is 6.00. The van der Waals surface area contributed by atoms with Gasteiger partial charge in [0.2, 0.25) is 0 Å². The third kappa shape index (κ3) is 4.31. The fraction of sp³-hybridized carbons (Fsp3) is 0.462. The Morgan fingerprint density at radius 1 is 1.29 bits per heavy atom. The smallest absolute Gasteiger partial charge is 0.320 e. The van der Waals surface area contributed by atoms with Gasteiger partial charge in [-0.2, -0.15) is 0 Å². The van der Waals surface area contributed by atoms with E-state index in [2.05, 4.69) is 26.6 Å². The lowest BCUT2D eigenvalue weighted by atomic mass is 10.0. The quantitative estimate of drug-likeness (QED) is 0.509. The van der Waals surface area contributed by atoms with E-state index < -0.39 is 31.4 Å². The van der Waals surface area contributed by atoms with Crippen molar-refractivity contribution in [1.29, 1.82) is 0 Å². The molecule has 0 aliphatic carbocycles. The summed E-state index contributed by atoms with van der Waals surface area (Å²) >= 11 is 3.33. The van der Waals surface area contributed by atoms with Gasteiger partial charge in [-0.25, -0.2) is 4.79 Å². The molecule has 0 radical (unpaired) electrons. The molecule has 8 heteroatoms. The maximum atomic E-state index is 12.0. The van der Waals surface area contributed by atoms with Gasteiger partial charge in [0.25, 0.3) is 0 Å². The molecule has 7 nitrogen and oxygen atoms in total. The van der Waals surface area contributed by atoms with Gasteiger partial charge in [0.1, 0.15) is 11.3 Å². The number of anilines is 1. The molecule has 0 atom stereocenters. The molecule has 1 aromatic carbocycles. The van der Waals surface area contributed by atoms with Crippen molar-refractivity contribution >= 4 is 27.6 Å². The van der Waals surface area contributed by atoms with Crippen LogP contribution in [0, 0.1) is 6.92 Å². The predicted molar refractivity (Wildman–Crippen MR) is 81.6 cm³/mol. The number of ether oxygens (including phenoxy) is 1. The maximum Gasteiger partial charge on any atom is 0.320 e. The van der Waals surface area contributed by atoms with Gasteiger partial charge in [0.15, 0.2) is 0 Å². The van der Waals surface area contributed by atoms with Crippen LogP contribution in [0.3, 0.4) is 0 Å². The molecule has 0 saturated carbocycles. The van der Waals surface area contributed by atoms with E-state index in [0.717, 1.165) is 10.0 Å². The van der Waals surface area contributed by atoms with Crippen LogP contribution in [-0.4, -0.2) is 53.8 Å². The minimum Gasteiger partial charge on any atom is -0.495 e. The van der Waals surface area contributed by atoms with Crippen molar-refractivity contribution in [1.82, 2.24) is 5.32 Å². The molecule has 0 aliphatic rings. The Labute approximate surface area is 131 Å². The number of urea groups is 1. The second kappa shape index (κ2) is 7.60. The van der Waals surface area contributed by atoms with Gasteiger partial charge >= 0.3 is 6.03 Å². The number of hydrogen-bond donors (Lipinski definition) is 5. The van der Waals surface area contributed by atoms with Gasteiger partial charge in [-0.3, -0.25) is 0 Å². The molecule has 21 heavy (non-hydrogen) atoms. The zero-order valence-electron chi connectivity index (χ0n) is 11.8. The van der Waals surface area contributed by atoms with Crippen LogP contribution in [0.15, 0.2) is 16.6 Å². The molecule has 0 unspecified atom stereocenters. The van der Waals surface area contributed by atoms with Gasteiger partial charge in [-0.05, 0) is 24.6 Å². The number of carbonyl (C=O) groups excluding carboxylic acids is 1. The van der Waals surface area contributed by atoms with E-state index in [1.807, 2.05) is 0 Å². The molecule has 0 bridgehead atoms. The highest BCUT2D eigenvalue weighted by Gasteiger charge is 2.30. The van der Waals surface area contributed by atoms with Crippen molar-refractivity contribution in [2.45, 2.75) is 12.5 Å². The van der Waals surface area contributed by atoms with Crippen LogP contribution in [0.1, 0.15) is 5.56 Å². The van der Waals surface area contributed by atoms with E-state index in [0.29, 0.717) is 11.4 Å². The summed E-state index contributed by atoms with van der Waals surface area (Å²) in [7, 11) is 1.48. The number of amides is 2. The Hall–Kier alpha value is -1.35. The molecule has 5 N–H and O–H groups in total. The van der Waals surface area contributed by atoms with Gasteiger partial charge in [-0.15, -0.1) is 0 Å². The van der Waals surface area contributed by atoms with E-state index in [1.54, 1.807) is 19.1 Å². The first-order valence-corrected chi connectivity index (χ1v) is 6.96. The Morgan fingerprint density at radius 3 is 2.33 bits per heavy atom. The number of halogens is 1. The third-order valence-electron chi connectivity index (χ3n) is 3.01. The van der Waals surface area contributed by atoms with Crippen LogP contribution in [0.25, 0.3) is 0 Å². The van der Waals surface area contributed by atoms with Crippen molar-refractivity contribution < 1.29 is 24.9 Å². The number of rotatable bonds is 6. The molecule has 118 valence electrons. The summed E-state index contributed by atoms with van der Waals surface area (Å²) in [5, 5.41) is 32.5. The molecular weight excluding hydrogens is 344 g/mol. The normalized spacial score (nSPS) is 11.1. The van der Waals surface area contributed by atoms with E-state index in [4.69, 9.17) is 4.74 Å². The molecule has 2 amide bonds. The summed E-state index contributed by atoms with van der Waals surface area (Å²) in [6, 6.07) is 2.83. The standard InChI is InChI=1S/C13H19BrN2O5/c1-8-3-9(14)4-10(21-2)11(8)15-12(20)16-13(5-17,6-18)7-19/h3-4,17-19H,5-7H2,1-2H3,(H2,15,16,20). The Bertz CT molecular complexity index is 497. The number of aliphatic hydroxyl groups is 3. The highest BCUT2D eigenvalue weighted by atomic mass is 79.9. The molecular formula is C13H19BrN2O5. The number of hydrogen-bond acceptors (Lipinski definition) is 5. The van der Waals surface area contributed by atoms with Crippen LogP contribution < -0.4 is 15.4 Å². The van der Waals surface area contributed by atoms with Crippen LogP contribution in [-0.2, 0) is 0 Å². The van der Waals surface area contributed by atoms with Gasteiger partial charge in [-0.1, -0.05) is 15.9 Å². The Balaban J connectivity index is 2.94. The molecule has 0 aliphatic heterocycles. The number of aliphatic hydroxyl groups excluding tert-OH is 3. The van der Waals surface area contributed by atoms with E-state index in [9.17, 15) is 20.1 Å². The first-order chi connectivity index (χ1) is 9.91. The zero-order chi connectivity index (χ0) is 16.0. The minimum atomic E-state index is -1.49. The SMILES string of the molecule is COc1cc(Br)cc(C)c1NC(=O)NC(CO)(CO)CO. The van der Waals surface area contributed by atoms with Gasteiger partial charge in [0.05, 0.1) is 32.6 Å². The molecule has 0 spiro atoms. The first-order valence-electron chi connectivity index (χ1n) is 6.17. The van der Waals surface area contributed by atoms with Crippen molar-refractivity contribution in [3.8, 4) is 5.75 Å². The summed E-state index contributed by atoms with van der Waals surface area (Å²) in [6.07, 6.45) is 0. The molecule has 0 aromatic heterocycles. The number of nitrogens with one attached hydrogen (secondary N) is 2. The average molecular weight is 363 g/mol. The minimum absolute atomic E-state index is 0.458. The zero-order valence-corrected chi connectivity index (χ0v) is 13.4. The lowest BCUT2D eigenvalue weighted by molar-refractivity contribution is 0.0507.